The fourth-order valence-corrected chi connectivity index (χ4v) is 6.19. The maximum Gasteiger partial charge on any atom is 0.413 e. The highest BCUT2D eigenvalue weighted by atomic mass is 16.7. The SMILES string of the molecule is COCOc1ccccc1-c1cc2c(nn1)c(NC(=O)OC(C)(C)C)nn2C1CCN(c2ccc(N3CCN(C(=O)OC(C)(C)C)CC3)nn2)CC1. The minimum absolute atomic E-state index is 0.0125. The molecule has 0 bridgehead atoms. The van der Waals surface area contributed by atoms with Crippen LogP contribution in [0.15, 0.2) is 42.5 Å². The number of nitrogens with one attached hydrogen (secondary N) is 1. The topological polar surface area (TPSA) is 162 Å². The zero-order valence-corrected chi connectivity index (χ0v) is 31.0. The minimum atomic E-state index is -0.683. The molecule has 0 radical (unpaired) electrons. The van der Waals surface area contributed by atoms with Gasteiger partial charge in [0, 0.05) is 51.9 Å². The molecule has 2 saturated heterocycles. The van der Waals surface area contributed by atoms with Crippen LogP contribution in [0.3, 0.4) is 0 Å². The number of carbonyl (C=O) groups is 2. The van der Waals surface area contributed by atoms with Crippen molar-refractivity contribution in [2.24, 2.45) is 0 Å². The Kier molecular flexibility index (Phi) is 10.6. The Labute approximate surface area is 303 Å². The predicted octanol–water partition coefficient (Wildman–Crippen LogP) is 5.51. The molecule has 6 rings (SSSR count). The van der Waals surface area contributed by atoms with Gasteiger partial charge in [-0.3, -0.25) is 10.00 Å². The highest BCUT2D eigenvalue weighted by Gasteiger charge is 2.29. The average molecular weight is 717 g/mol. The van der Waals surface area contributed by atoms with E-state index < -0.39 is 17.3 Å². The van der Waals surface area contributed by atoms with Crippen molar-refractivity contribution in [2.45, 2.75) is 71.6 Å². The number of ether oxygens (including phenoxy) is 4. The zero-order chi connectivity index (χ0) is 37.0. The van der Waals surface area contributed by atoms with E-state index in [2.05, 4.69) is 35.5 Å². The van der Waals surface area contributed by atoms with Crippen molar-refractivity contribution in [3.63, 3.8) is 0 Å². The normalized spacial score (nSPS) is 15.9. The average Bonchev–Trinajstić information content (AvgIpc) is 3.46. The van der Waals surface area contributed by atoms with Gasteiger partial charge >= 0.3 is 12.2 Å². The number of para-hydroxylation sites is 1. The summed E-state index contributed by atoms with van der Waals surface area (Å²) >= 11 is 0. The van der Waals surface area contributed by atoms with Crippen LogP contribution in [0.4, 0.5) is 27.0 Å². The van der Waals surface area contributed by atoms with Crippen LogP contribution in [0.2, 0.25) is 0 Å². The highest BCUT2D eigenvalue weighted by Crippen LogP contribution is 2.35. The number of piperazine rings is 1. The van der Waals surface area contributed by atoms with Crippen LogP contribution < -0.4 is 19.9 Å². The van der Waals surface area contributed by atoms with E-state index in [1.807, 2.05) is 67.9 Å². The summed E-state index contributed by atoms with van der Waals surface area (Å²) in [4.78, 5) is 31.4. The van der Waals surface area contributed by atoms with Gasteiger partial charge in [0.1, 0.15) is 17.0 Å². The second-order valence-corrected chi connectivity index (χ2v) is 14.9. The van der Waals surface area contributed by atoms with Crippen LogP contribution >= 0.6 is 0 Å². The van der Waals surface area contributed by atoms with Gasteiger partial charge in [-0.25, -0.2) is 9.59 Å². The second-order valence-electron chi connectivity index (χ2n) is 14.9. The molecule has 2 aliphatic rings. The Hall–Kier alpha value is -5.25. The Balaban J connectivity index is 1.16. The highest BCUT2D eigenvalue weighted by molar-refractivity contribution is 5.96. The first-order valence-electron chi connectivity index (χ1n) is 17.6. The lowest BCUT2D eigenvalue weighted by molar-refractivity contribution is 0.0240. The molecule has 0 spiro atoms. The molecule has 0 atom stereocenters. The maximum absolute atomic E-state index is 12.8. The molecule has 0 aliphatic carbocycles. The van der Waals surface area contributed by atoms with Crippen LogP contribution in [-0.4, -0.2) is 112 Å². The summed E-state index contributed by atoms with van der Waals surface area (Å²) in [6.45, 7) is 15.0. The molecule has 5 heterocycles. The summed E-state index contributed by atoms with van der Waals surface area (Å²) in [5.41, 5.74) is 1.34. The van der Waals surface area contributed by atoms with Crippen molar-refractivity contribution in [2.75, 3.05) is 68.3 Å². The van der Waals surface area contributed by atoms with E-state index in [0.29, 0.717) is 43.1 Å². The van der Waals surface area contributed by atoms with Gasteiger partial charge in [0.25, 0.3) is 0 Å². The second kappa shape index (κ2) is 15.2. The summed E-state index contributed by atoms with van der Waals surface area (Å²) in [7, 11) is 1.57. The number of amides is 2. The first kappa shape index (κ1) is 36.5. The van der Waals surface area contributed by atoms with E-state index in [1.165, 1.54) is 0 Å². The van der Waals surface area contributed by atoms with Crippen molar-refractivity contribution in [1.82, 2.24) is 35.1 Å². The lowest BCUT2D eigenvalue weighted by atomic mass is 10.0. The summed E-state index contributed by atoms with van der Waals surface area (Å²) in [5, 5.41) is 25.8. The molecule has 3 aromatic heterocycles. The molecule has 0 unspecified atom stereocenters. The van der Waals surface area contributed by atoms with Crippen LogP contribution in [-0.2, 0) is 14.2 Å². The van der Waals surface area contributed by atoms with Crippen LogP contribution in [0.1, 0.15) is 60.4 Å². The molecule has 2 aliphatic heterocycles. The third-order valence-electron chi connectivity index (χ3n) is 8.59. The van der Waals surface area contributed by atoms with E-state index in [9.17, 15) is 9.59 Å². The van der Waals surface area contributed by atoms with Gasteiger partial charge in [0.2, 0.25) is 0 Å². The molecular weight excluding hydrogens is 668 g/mol. The number of benzene rings is 1. The van der Waals surface area contributed by atoms with Crippen LogP contribution in [0.5, 0.6) is 5.75 Å². The predicted molar refractivity (Wildman–Crippen MR) is 196 cm³/mol. The molecule has 2 amide bonds. The summed E-state index contributed by atoms with van der Waals surface area (Å²) < 4.78 is 23.9. The van der Waals surface area contributed by atoms with Crippen molar-refractivity contribution in [3.05, 3.63) is 42.5 Å². The number of carbonyl (C=O) groups excluding carboxylic acids is 2. The number of anilines is 3. The Morgan fingerprint density at radius 1 is 0.808 bits per heavy atom. The van der Waals surface area contributed by atoms with E-state index >= 15 is 0 Å². The molecular formula is C36H48N10O6. The van der Waals surface area contributed by atoms with Crippen molar-refractivity contribution < 1.29 is 28.5 Å². The number of methoxy groups -OCH3 is 1. The van der Waals surface area contributed by atoms with Gasteiger partial charge < -0.3 is 33.6 Å². The first-order valence-corrected chi connectivity index (χ1v) is 17.6. The van der Waals surface area contributed by atoms with E-state index in [0.717, 1.165) is 48.6 Å². The number of fused-ring (bicyclic) bond motifs is 1. The smallest absolute Gasteiger partial charge is 0.413 e. The Bertz CT molecular complexity index is 1850. The summed E-state index contributed by atoms with van der Waals surface area (Å²) in [6, 6.07) is 13.5. The van der Waals surface area contributed by atoms with Gasteiger partial charge in [-0.05, 0) is 84.7 Å². The van der Waals surface area contributed by atoms with Gasteiger partial charge in [-0.2, -0.15) is 5.10 Å². The minimum Gasteiger partial charge on any atom is -0.467 e. The fraction of sp³-hybridized carbons (Fsp3) is 0.528. The lowest BCUT2D eigenvalue weighted by Gasteiger charge is -2.36. The summed E-state index contributed by atoms with van der Waals surface area (Å²) in [5.74, 6) is 2.47. The monoisotopic (exact) mass is 716 g/mol. The molecule has 1 aromatic carbocycles. The quantitative estimate of drug-likeness (QED) is 0.227. The number of hydrogen-bond donors (Lipinski definition) is 1. The molecule has 4 aromatic rings. The van der Waals surface area contributed by atoms with Crippen molar-refractivity contribution >= 4 is 40.7 Å². The Morgan fingerprint density at radius 3 is 2.06 bits per heavy atom. The largest absolute Gasteiger partial charge is 0.467 e. The molecule has 16 nitrogen and oxygen atoms in total. The van der Waals surface area contributed by atoms with E-state index in [4.69, 9.17) is 24.0 Å². The third kappa shape index (κ3) is 8.78. The van der Waals surface area contributed by atoms with Crippen molar-refractivity contribution in [3.8, 4) is 17.0 Å². The molecule has 16 heteroatoms. The maximum atomic E-state index is 12.8. The number of piperidine rings is 1. The Morgan fingerprint density at radius 2 is 1.44 bits per heavy atom. The number of hydrogen-bond acceptors (Lipinski definition) is 13. The van der Waals surface area contributed by atoms with Crippen LogP contribution in [0, 0.1) is 0 Å². The van der Waals surface area contributed by atoms with Gasteiger partial charge in [0.05, 0.1) is 17.3 Å². The van der Waals surface area contributed by atoms with Gasteiger partial charge in [-0.15, -0.1) is 20.4 Å². The standard InChI is InChI=1S/C36H48N10O6/c1-35(2,3)51-33(47)37-32-31-27(22-26(38-41-31)25-10-8-9-11-28(25)50-23-49-7)46(42-32)24-14-16-43(17-15-24)29-12-13-30(40-39-29)44-18-20-45(21-19-44)34(48)52-36(4,5)6/h8-13,22,24H,14-21,23H2,1-7H3,(H,37,42,47). The molecule has 2 fully saturated rings. The molecule has 0 saturated carbocycles. The molecule has 52 heavy (non-hydrogen) atoms. The number of aromatic nitrogens is 6. The van der Waals surface area contributed by atoms with Crippen molar-refractivity contribution in [1.29, 1.82) is 0 Å². The van der Waals surface area contributed by atoms with Gasteiger partial charge in [-0.1, -0.05) is 12.1 Å². The van der Waals surface area contributed by atoms with E-state index in [-0.39, 0.29) is 24.7 Å². The zero-order valence-electron chi connectivity index (χ0n) is 31.0. The van der Waals surface area contributed by atoms with E-state index in [1.54, 1.807) is 32.8 Å². The van der Waals surface area contributed by atoms with Gasteiger partial charge in [0.15, 0.2) is 29.8 Å². The summed E-state index contributed by atoms with van der Waals surface area (Å²) in [6.07, 6.45) is 0.625. The third-order valence-corrected chi connectivity index (χ3v) is 8.59. The first-order chi connectivity index (χ1) is 24.8. The lowest BCUT2D eigenvalue weighted by Crippen LogP contribution is -2.50. The van der Waals surface area contributed by atoms with Crippen LogP contribution in [0.25, 0.3) is 22.3 Å². The number of nitrogens with zero attached hydrogens (tertiary/aromatic N) is 9. The molecule has 278 valence electrons. The fourth-order valence-electron chi connectivity index (χ4n) is 6.19. The molecule has 1 N–H and O–H groups in total. The number of rotatable bonds is 8.